The van der Waals surface area contributed by atoms with E-state index in [2.05, 4.69) is 15.3 Å². The first-order valence-corrected chi connectivity index (χ1v) is 8.69. The van der Waals surface area contributed by atoms with Gasteiger partial charge in [0.15, 0.2) is 17.2 Å². The van der Waals surface area contributed by atoms with Gasteiger partial charge in [0.2, 0.25) is 0 Å². The van der Waals surface area contributed by atoms with Gasteiger partial charge < -0.3 is 14.2 Å². The Bertz CT molecular complexity index is 894. The maximum atomic E-state index is 6.28. The summed E-state index contributed by atoms with van der Waals surface area (Å²) in [7, 11) is 1.59. The standard InChI is InChI=1S/C18H16Cl2N4O3/c1-25-16-4-2-3-5-17(16)26-6-7-27-18-14(19)8-13(9-15(18)20)10-23-24-11-21-22-12-24/h2-5,8-12H,6-7H2,1H3/b23-10+. The number of para-hydroxylation sites is 2. The van der Waals surface area contributed by atoms with Crippen LogP contribution in [-0.2, 0) is 0 Å². The first-order valence-electron chi connectivity index (χ1n) is 7.94. The van der Waals surface area contributed by atoms with Crippen molar-refractivity contribution in [3.8, 4) is 17.2 Å². The minimum atomic E-state index is 0.269. The third-order valence-corrected chi connectivity index (χ3v) is 3.99. The summed E-state index contributed by atoms with van der Waals surface area (Å²) in [5.74, 6) is 1.69. The van der Waals surface area contributed by atoms with E-state index in [-0.39, 0.29) is 6.61 Å². The first-order chi connectivity index (χ1) is 13.2. The van der Waals surface area contributed by atoms with Crippen molar-refractivity contribution in [2.45, 2.75) is 0 Å². The molecule has 2 aromatic carbocycles. The van der Waals surface area contributed by atoms with Crippen molar-refractivity contribution in [2.75, 3.05) is 20.3 Å². The SMILES string of the molecule is COc1ccccc1OCCOc1c(Cl)cc(/C=N/n2cnnc2)cc1Cl. The van der Waals surface area contributed by atoms with Crippen molar-refractivity contribution in [3.63, 3.8) is 0 Å². The molecule has 0 aliphatic rings. The van der Waals surface area contributed by atoms with E-state index >= 15 is 0 Å². The normalized spacial score (nSPS) is 10.9. The highest BCUT2D eigenvalue weighted by molar-refractivity contribution is 6.37. The molecule has 0 saturated heterocycles. The average Bonchev–Trinajstić information content (AvgIpc) is 3.19. The van der Waals surface area contributed by atoms with Crippen LogP contribution in [0.2, 0.25) is 10.0 Å². The second-order valence-corrected chi connectivity index (χ2v) is 6.06. The van der Waals surface area contributed by atoms with Crippen LogP contribution in [0.25, 0.3) is 0 Å². The largest absolute Gasteiger partial charge is 0.493 e. The fourth-order valence-electron chi connectivity index (χ4n) is 2.21. The fraction of sp³-hybridized carbons (Fsp3) is 0.167. The molecule has 0 N–H and O–H groups in total. The van der Waals surface area contributed by atoms with Gasteiger partial charge in [-0.3, -0.25) is 0 Å². The minimum Gasteiger partial charge on any atom is -0.493 e. The van der Waals surface area contributed by atoms with E-state index in [1.54, 1.807) is 25.5 Å². The Balaban J connectivity index is 1.58. The molecule has 140 valence electrons. The molecule has 7 nitrogen and oxygen atoms in total. The minimum absolute atomic E-state index is 0.269. The summed E-state index contributed by atoms with van der Waals surface area (Å²) in [6.07, 6.45) is 4.54. The van der Waals surface area contributed by atoms with Crippen LogP contribution in [-0.4, -0.2) is 41.4 Å². The zero-order chi connectivity index (χ0) is 19.1. The Morgan fingerprint density at radius 3 is 2.30 bits per heavy atom. The molecule has 0 atom stereocenters. The molecular formula is C18H16Cl2N4O3. The Hall–Kier alpha value is -2.77. The van der Waals surface area contributed by atoms with Gasteiger partial charge in [0.05, 0.1) is 23.4 Å². The van der Waals surface area contributed by atoms with Crippen LogP contribution in [0.3, 0.4) is 0 Å². The molecule has 3 rings (SSSR count). The van der Waals surface area contributed by atoms with Crippen molar-refractivity contribution in [3.05, 3.63) is 64.7 Å². The van der Waals surface area contributed by atoms with E-state index in [0.29, 0.717) is 33.9 Å². The number of rotatable bonds is 8. The molecule has 9 heteroatoms. The van der Waals surface area contributed by atoms with Gasteiger partial charge >= 0.3 is 0 Å². The lowest BCUT2D eigenvalue weighted by atomic mass is 10.2. The van der Waals surface area contributed by atoms with E-state index in [1.807, 2.05) is 24.3 Å². The van der Waals surface area contributed by atoms with Gasteiger partial charge in [0.1, 0.15) is 25.9 Å². The molecule has 0 amide bonds. The highest BCUT2D eigenvalue weighted by Crippen LogP contribution is 2.34. The Morgan fingerprint density at radius 2 is 1.63 bits per heavy atom. The van der Waals surface area contributed by atoms with Crippen LogP contribution in [0.15, 0.2) is 54.2 Å². The second kappa shape index (κ2) is 9.25. The van der Waals surface area contributed by atoms with Gasteiger partial charge in [0, 0.05) is 0 Å². The summed E-state index contributed by atoms with van der Waals surface area (Å²) in [6.45, 7) is 0.579. The molecule has 27 heavy (non-hydrogen) atoms. The van der Waals surface area contributed by atoms with Crippen molar-refractivity contribution in [1.29, 1.82) is 0 Å². The van der Waals surface area contributed by atoms with Gasteiger partial charge in [-0.25, -0.2) is 4.68 Å². The molecule has 3 aromatic rings. The Labute approximate surface area is 166 Å². The molecule has 0 fully saturated rings. The van der Waals surface area contributed by atoms with Crippen LogP contribution in [0, 0.1) is 0 Å². The number of halogens is 2. The smallest absolute Gasteiger partial charge is 0.161 e. The lowest BCUT2D eigenvalue weighted by Crippen LogP contribution is -2.10. The topological polar surface area (TPSA) is 70.8 Å². The summed E-state index contributed by atoms with van der Waals surface area (Å²) in [5.41, 5.74) is 0.719. The van der Waals surface area contributed by atoms with Crippen molar-refractivity contribution in [2.24, 2.45) is 5.10 Å². The van der Waals surface area contributed by atoms with E-state index in [1.165, 1.54) is 17.3 Å². The van der Waals surface area contributed by atoms with Gasteiger partial charge in [0.25, 0.3) is 0 Å². The van der Waals surface area contributed by atoms with Gasteiger partial charge in [-0.2, -0.15) is 5.10 Å². The number of hydrogen-bond acceptors (Lipinski definition) is 6. The van der Waals surface area contributed by atoms with Crippen molar-refractivity contribution in [1.82, 2.24) is 14.9 Å². The number of methoxy groups -OCH3 is 1. The first kappa shape index (κ1) is 19.0. The van der Waals surface area contributed by atoms with Gasteiger partial charge in [-0.15, -0.1) is 10.2 Å². The Morgan fingerprint density at radius 1 is 1.00 bits per heavy atom. The van der Waals surface area contributed by atoms with E-state index in [4.69, 9.17) is 37.4 Å². The summed E-state index contributed by atoms with van der Waals surface area (Å²) >= 11 is 12.6. The highest BCUT2D eigenvalue weighted by Gasteiger charge is 2.10. The van der Waals surface area contributed by atoms with Crippen molar-refractivity contribution >= 4 is 29.4 Å². The van der Waals surface area contributed by atoms with Gasteiger partial charge in [-0.1, -0.05) is 35.3 Å². The summed E-state index contributed by atoms with van der Waals surface area (Å²) < 4.78 is 18.0. The molecule has 1 aromatic heterocycles. The molecule has 0 radical (unpaired) electrons. The lowest BCUT2D eigenvalue weighted by Gasteiger charge is -2.13. The van der Waals surface area contributed by atoms with Gasteiger partial charge in [-0.05, 0) is 29.8 Å². The maximum Gasteiger partial charge on any atom is 0.161 e. The van der Waals surface area contributed by atoms with E-state index in [0.717, 1.165) is 5.56 Å². The zero-order valence-corrected chi connectivity index (χ0v) is 15.9. The molecule has 0 unspecified atom stereocenters. The van der Waals surface area contributed by atoms with E-state index < -0.39 is 0 Å². The predicted molar refractivity (Wildman–Crippen MR) is 103 cm³/mol. The molecule has 0 saturated carbocycles. The number of aromatic nitrogens is 3. The lowest BCUT2D eigenvalue weighted by molar-refractivity contribution is 0.211. The number of nitrogens with zero attached hydrogens (tertiary/aromatic N) is 4. The third kappa shape index (κ3) is 5.12. The molecule has 0 bridgehead atoms. The second-order valence-electron chi connectivity index (χ2n) is 5.25. The van der Waals surface area contributed by atoms with Crippen LogP contribution in [0.4, 0.5) is 0 Å². The predicted octanol–water partition coefficient (Wildman–Crippen LogP) is 3.93. The third-order valence-electron chi connectivity index (χ3n) is 3.42. The van der Waals surface area contributed by atoms with Crippen LogP contribution in [0.5, 0.6) is 17.2 Å². The summed E-state index contributed by atoms with van der Waals surface area (Å²) in [4.78, 5) is 0. The Kier molecular flexibility index (Phi) is 6.51. The average molecular weight is 407 g/mol. The van der Waals surface area contributed by atoms with Crippen LogP contribution in [0.1, 0.15) is 5.56 Å². The summed E-state index contributed by atoms with van der Waals surface area (Å²) in [5, 5.41) is 12.2. The summed E-state index contributed by atoms with van der Waals surface area (Å²) in [6, 6.07) is 10.8. The monoisotopic (exact) mass is 406 g/mol. The maximum absolute atomic E-state index is 6.28. The molecule has 1 heterocycles. The number of hydrogen-bond donors (Lipinski definition) is 0. The van der Waals surface area contributed by atoms with Crippen molar-refractivity contribution < 1.29 is 14.2 Å². The fourth-order valence-corrected chi connectivity index (χ4v) is 2.83. The molecule has 0 aliphatic heterocycles. The molecular weight excluding hydrogens is 391 g/mol. The number of ether oxygens (including phenoxy) is 3. The van der Waals surface area contributed by atoms with E-state index in [9.17, 15) is 0 Å². The molecule has 0 aliphatic carbocycles. The zero-order valence-electron chi connectivity index (χ0n) is 14.4. The highest BCUT2D eigenvalue weighted by atomic mass is 35.5. The quantitative estimate of drug-likeness (QED) is 0.418. The molecule has 0 spiro atoms. The van der Waals surface area contributed by atoms with Crippen LogP contribution >= 0.6 is 23.2 Å². The van der Waals surface area contributed by atoms with Crippen LogP contribution < -0.4 is 14.2 Å². The number of benzene rings is 2.